The van der Waals surface area contributed by atoms with Gasteiger partial charge in [-0.15, -0.1) is 0 Å². The molecule has 10 nitrogen and oxygen atoms in total. The molecule has 25 heavy (non-hydrogen) atoms. The lowest BCUT2D eigenvalue weighted by molar-refractivity contribution is -0.384. The number of aromatic nitrogens is 2. The lowest BCUT2D eigenvalue weighted by atomic mass is 9.99. The second-order valence-electron chi connectivity index (χ2n) is 5.56. The summed E-state index contributed by atoms with van der Waals surface area (Å²) in [5, 5.41) is 26.6. The molecular weight excluding hydrogens is 332 g/mol. The van der Waals surface area contributed by atoms with E-state index >= 15 is 0 Å². The summed E-state index contributed by atoms with van der Waals surface area (Å²) in [5.74, 6) is -1.79. The van der Waals surface area contributed by atoms with Gasteiger partial charge in [0.2, 0.25) is 0 Å². The number of carboxylic acid groups (broad SMARTS) is 1. The molecule has 3 rings (SSSR count). The zero-order chi connectivity index (χ0) is 18.0. The van der Waals surface area contributed by atoms with Crippen molar-refractivity contribution in [2.24, 2.45) is 0 Å². The Morgan fingerprint density at radius 3 is 2.60 bits per heavy atom. The number of carbonyl (C=O) groups excluding carboxylic acids is 1. The zero-order valence-electron chi connectivity index (χ0n) is 12.9. The Morgan fingerprint density at radius 2 is 2.04 bits per heavy atom. The average molecular weight is 346 g/mol. The number of carbonyl (C=O) groups is 2. The summed E-state index contributed by atoms with van der Waals surface area (Å²) in [6.45, 7) is 0.154. The average Bonchev–Trinajstić information content (AvgIpc) is 3.25. The number of nitrogens with zero attached hydrogens (tertiary/aromatic N) is 3. The van der Waals surface area contributed by atoms with Gasteiger partial charge in [-0.3, -0.25) is 14.9 Å². The van der Waals surface area contributed by atoms with Gasteiger partial charge in [-0.2, -0.15) is 5.10 Å². The van der Waals surface area contributed by atoms with E-state index in [1.807, 2.05) is 0 Å². The molecular formula is C15H14N4O6. The fourth-order valence-corrected chi connectivity index (χ4v) is 2.48. The van der Waals surface area contributed by atoms with Crippen LogP contribution in [0.15, 0.2) is 36.5 Å². The Hall–Kier alpha value is -3.27. The van der Waals surface area contributed by atoms with E-state index in [9.17, 15) is 24.8 Å². The summed E-state index contributed by atoms with van der Waals surface area (Å²) in [6, 6.07) is 7.08. The predicted molar refractivity (Wildman–Crippen MR) is 83.5 cm³/mol. The number of ether oxygens (including phenoxy) is 1. The monoisotopic (exact) mass is 346 g/mol. The molecule has 2 aromatic rings. The van der Waals surface area contributed by atoms with Crippen LogP contribution in [0.1, 0.15) is 16.9 Å². The Labute approximate surface area is 141 Å². The number of nitro groups is 1. The van der Waals surface area contributed by atoms with Gasteiger partial charge in [0.15, 0.2) is 11.2 Å². The molecule has 1 fully saturated rings. The first kappa shape index (κ1) is 16.6. The maximum absolute atomic E-state index is 12.3. The third kappa shape index (κ3) is 3.19. The minimum absolute atomic E-state index is 0.0332. The second kappa shape index (κ2) is 6.32. The number of nitro benzene ring substituents is 1. The Morgan fingerprint density at radius 1 is 1.32 bits per heavy atom. The molecule has 0 aliphatic carbocycles. The van der Waals surface area contributed by atoms with Crippen LogP contribution in [0.2, 0.25) is 0 Å². The van der Waals surface area contributed by atoms with Crippen molar-refractivity contribution in [3.05, 3.63) is 52.3 Å². The summed E-state index contributed by atoms with van der Waals surface area (Å²) in [4.78, 5) is 33.9. The quantitative estimate of drug-likeness (QED) is 0.602. The Balaban J connectivity index is 1.77. The fraction of sp³-hybridized carbons (Fsp3) is 0.267. The van der Waals surface area contributed by atoms with Crippen LogP contribution in [0.5, 0.6) is 0 Å². The topological polar surface area (TPSA) is 137 Å². The summed E-state index contributed by atoms with van der Waals surface area (Å²) in [6.07, 6.45) is 1.69. The molecule has 0 bridgehead atoms. The van der Waals surface area contributed by atoms with Gasteiger partial charge in [0.05, 0.1) is 17.2 Å². The number of benzene rings is 1. The summed E-state index contributed by atoms with van der Waals surface area (Å²) in [5.41, 5.74) is -0.944. The molecule has 1 aliphatic rings. The smallest absolute Gasteiger partial charge is 0.331 e. The molecule has 0 spiro atoms. The van der Waals surface area contributed by atoms with Gasteiger partial charge in [0.25, 0.3) is 11.6 Å². The first-order valence-corrected chi connectivity index (χ1v) is 7.35. The van der Waals surface area contributed by atoms with Crippen LogP contribution < -0.4 is 5.32 Å². The van der Waals surface area contributed by atoms with Gasteiger partial charge in [-0.1, -0.05) is 0 Å². The van der Waals surface area contributed by atoms with Gasteiger partial charge >= 0.3 is 5.97 Å². The van der Waals surface area contributed by atoms with E-state index in [1.54, 1.807) is 0 Å². The molecule has 0 saturated carbocycles. The van der Waals surface area contributed by atoms with Gasteiger partial charge in [-0.25, -0.2) is 9.48 Å². The van der Waals surface area contributed by atoms with E-state index < -0.39 is 22.3 Å². The van der Waals surface area contributed by atoms with Gasteiger partial charge in [0.1, 0.15) is 0 Å². The zero-order valence-corrected chi connectivity index (χ0v) is 12.9. The molecule has 2 N–H and O–H groups in total. The number of non-ortho nitro benzene ring substituents is 1. The molecule has 130 valence electrons. The van der Waals surface area contributed by atoms with Crippen molar-refractivity contribution in [3.8, 4) is 5.69 Å². The van der Waals surface area contributed by atoms with E-state index in [0.29, 0.717) is 5.69 Å². The molecule has 1 amide bonds. The fourth-order valence-electron chi connectivity index (χ4n) is 2.48. The van der Waals surface area contributed by atoms with Gasteiger partial charge in [-0.05, 0) is 18.2 Å². The highest BCUT2D eigenvalue weighted by Crippen LogP contribution is 2.20. The minimum Gasteiger partial charge on any atom is -0.479 e. The molecule has 1 aromatic carbocycles. The van der Waals surface area contributed by atoms with E-state index in [0.717, 1.165) is 0 Å². The molecule has 1 aliphatic heterocycles. The van der Waals surface area contributed by atoms with Crippen molar-refractivity contribution in [2.75, 3.05) is 13.2 Å². The molecule has 1 unspecified atom stereocenters. The van der Waals surface area contributed by atoms with Gasteiger partial charge in [0, 0.05) is 31.4 Å². The van der Waals surface area contributed by atoms with E-state index in [4.69, 9.17) is 4.74 Å². The summed E-state index contributed by atoms with van der Waals surface area (Å²) >= 11 is 0. The number of hydrogen-bond acceptors (Lipinski definition) is 6. The maximum atomic E-state index is 12.3. The largest absolute Gasteiger partial charge is 0.479 e. The lowest BCUT2D eigenvalue weighted by Crippen LogP contribution is -2.55. The maximum Gasteiger partial charge on any atom is 0.331 e. The molecule has 1 aromatic heterocycles. The number of amides is 1. The number of aliphatic carboxylic acids is 1. The molecule has 2 heterocycles. The van der Waals surface area contributed by atoms with Crippen LogP contribution in [-0.4, -0.2) is 50.4 Å². The van der Waals surface area contributed by atoms with Gasteiger partial charge < -0.3 is 15.2 Å². The van der Waals surface area contributed by atoms with Crippen LogP contribution in [0, 0.1) is 10.1 Å². The summed E-state index contributed by atoms with van der Waals surface area (Å²) < 4.78 is 6.46. The summed E-state index contributed by atoms with van der Waals surface area (Å²) in [7, 11) is 0. The Kier molecular flexibility index (Phi) is 4.19. The van der Waals surface area contributed by atoms with Crippen molar-refractivity contribution in [2.45, 2.75) is 12.0 Å². The first-order chi connectivity index (χ1) is 11.9. The lowest BCUT2D eigenvalue weighted by Gasteiger charge is -2.22. The minimum atomic E-state index is -1.45. The highest BCUT2D eigenvalue weighted by molar-refractivity contribution is 5.96. The van der Waals surface area contributed by atoms with Crippen LogP contribution >= 0.6 is 0 Å². The third-order valence-corrected chi connectivity index (χ3v) is 3.93. The highest BCUT2D eigenvalue weighted by atomic mass is 16.6. The van der Waals surface area contributed by atoms with E-state index in [1.165, 1.54) is 41.2 Å². The predicted octanol–water partition coefficient (Wildman–Crippen LogP) is 0.754. The highest BCUT2D eigenvalue weighted by Gasteiger charge is 2.44. The van der Waals surface area contributed by atoms with E-state index in [-0.39, 0.29) is 31.0 Å². The number of hydrogen-bond donors (Lipinski definition) is 2. The second-order valence-corrected chi connectivity index (χ2v) is 5.56. The number of rotatable bonds is 5. The van der Waals surface area contributed by atoms with Crippen molar-refractivity contribution in [1.29, 1.82) is 0 Å². The van der Waals surface area contributed by atoms with Crippen LogP contribution in [0.25, 0.3) is 5.69 Å². The van der Waals surface area contributed by atoms with Crippen molar-refractivity contribution in [1.82, 2.24) is 15.1 Å². The standard InChI is InChI=1S/C15H14N4O6/c20-13(16-15(14(21)22)6-8-25-9-15)12-5-7-18(17-12)10-1-3-11(4-2-10)19(23)24/h1-5,7H,6,8-9H2,(H,16,20)(H,21,22). The SMILES string of the molecule is O=C(NC1(C(=O)O)CCOC1)c1ccn(-c2ccc([N+](=O)[O-])cc2)n1. The van der Waals surface area contributed by atoms with Crippen molar-refractivity contribution in [3.63, 3.8) is 0 Å². The normalized spacial score (nSPS) is 19.5. The molecule has 1 atom stereocenters. The number of carboxylic acids is 1. The Bertz CT molecular complexity index is 823. The molecule has 1 saturated heterocycles. The van der Waals surface area contributed by atoms with E-state index in [2.05, 4.69) is 10.4 Å². The first-order valence-electron chi connectivity index (χ1n) is 7.35. The molecule has 0 radical (unpaired) electrons. The van der Waals surface area contributed by atoms with Crippen LogP contribution in [0.3, 0.4) is 0 Å². The van der Waals surface area contributed by atoms with Crippen molar-refractivity contribution < 1.29 is 24.4 Å². The van der Waals surface area contributed by atoms with Crippen LogP contribution in [-0.2, 0) is 9.53 Å². The molecule has 10 heteroatoms. The van der Waals surface area contributed by atoms with Crippen molar-refractivity contribution >= 4 is 17.6 Å². The third-order valence-electron chi connectivity index (χ3n) is 3.93. The number of nitrogens with one attached hydrogen (secondary N) is 1. The van der Waals surface area contributed by atoms with Crippen LogP contribution in [0.4, 0.5) is 5.69 Å².